The maximum absolute atomic E-state index is 13.8. The van der Waals surface area contributed by atoms with Crippen LogP contribution in [0, 0.1) is 17.8 Å². The van der Waals surface area contributed by atoms with Crippen LogP contribution in [-0.4, -0.2) is 85.2 Å². The van der Waals surface area contributed by atoms with Crippen molar-refractivity contribution in [2.24, 2.45) is 23.5 Å². The molecule has 10 heteroatoms. The van der Waals surface area contributed by atoms with Crippen molar-refractivity contribution in [1.29, 1.82) is 0 Å². The maximum Gasteiger partial charge on any atom is 0.248 e. The zero-order valence-electron chi connectivity index (χ0n) is 24.9. The zero-order valence-corrected chi connectivity index (χ0v) is 24.9. The van der Waals surface area contributed by atoms with E-state index in [4.69, 9.17) is 15.2 Å². The second-order valence-corrected chi connectivity index (χ2v) is 12.5. The highest BCUT2D eigenvalue weighted by Gasteiger charge is 2.50. The van der Waals surface area contributed by atoms with Gasteiger partial charge < -0.3 is 20.5 Å². The van der Waals surface area contributed by atoms with Crippen LogP contribution in [0.3, 0.4) is 0 Å². The molecule has 0 spiro atoms. The van der Waals surface area contributed by atoms with Crippen LogP contribution in [0.25, 0.3) is 0 Å². The summed E-state index contributed by atoms with van der Waals surface area (Å²) in [5.74, 6) is -1.94. The van der Waals surface area contributed by atoms with E-state index in [0.717, 1.165) is 31.2 Å². The number of ether oxygens (including phenoxy) is 2. The highest BCUT2D eigenvalue weighted by atomic mass is 16.6. The van der Waals surface area contributed by atoms with E-state index in [9.17, 15) is 24.0 Å². The van der Waals surface area contributed by atoms with Gasteiger partial charge in [0.05, 0.1) is 32.4 Å². The number of carbonyl (C=O) groups excluding carboxylic acids is 5. The van der Waals surface area contributed by atoms with Gasteiger partial charge in [-0.1, -0.05) is 44.7 Å². The lowest BCUT2D eigenvalue weighted by Gasteiger charge is -2.26. The molecule has 0 radical (unpaired) electrons. The predicted octanol–water partition coefficient (Wildman–Crippen LogP) is 2.25. The number of hydrogen-bond donors (Lipinski definition) is 2. The highest BCUT2D eigenvalue weighted by Crippen LogP contribution is 2.37. The summed E-state index contributed by atoms with van der Waals surface area (Å²) in [6, 6.07) is 5.71. The minimum atomic E-state index is -0.888. The predicted molar refractivity (Wildman–Crippen MR) is 156 cm³/mol. The van der Waals surface area contributed by atoms with Gasteiger partial charge in [0.25, 0.3) is 0 Å². The lowest BCUT2D eigenvalue weighted by molar-refractivity contribution is -0.134. The molecule has 4 rings (SSSR count). The SMILES string of the molecule is C[C@H](CC(=O)CN1CCOCC1)C(=O)N[C@@H](Cc1ccc(C(N)=O)cc1)C(=O)C[C@@H](CC1CCCC1)C(=O)[C@@]1(C)CO1. The number of hydrogen-bond acceptors (Lipinski definition) is 8. The number of nitrogens with one attached hydrogen (secondary N) is 1. The average molecular weight is 584 g/mol. The molecule has 2 amide bonds. The molecule has 3 fully saturated rings. The third-order valence-electron chi connectivity index (χ3n) is 8.88. The second kappa shape index (κ2) is 14.5. The lowest BCUT2D eigenvalue weighted by atomic mass is 9.81. The van der Waals surface area contributed by atoms with Gasteiger partial charge in [0.15, 0.2) is 11.6 Å². The monoisotopic (exact) mass is 583 g/mol. The minimum Gasteiger partial charge on any atom is -0.379 e. The molecule has 2 heterocycles. The molecule has 42 heavy (non-hydrogen) atoms. The number of amides is 2. The van der Waals surface area contributed by atoms with Crippen molar-refractivity contribution in [2.75, 3.05) is 39.5 Å². The van der Waals surface area contributed by atoms with E-state index < -0.39 is 29.4 Å². The van der Waals surface area contributed by atoms with Crippen LogP contribution in [0.5, 0.6) is 0 Å². The van der Waals surface area contributed by atoms with Crippen LogP contribution in [0.4, 0.5) is 0 Å². The van der Waals surface area contributed by atoms with Gasteiger partial charge in [-0.25, -0.2) is 0 Å². The van der Waals surface area contributed by atoms with Crippen LogP contribution in [-0.2, 0) is 35.1 Å². The van der Waals surface area contributed by atoms with E-state index in [1.54, 1.807) is 38.1 Å². The van der Waals surface area contributed by atoms with Crippen molar-refractivity contribution in [1.82, 2.24) is 10.2 Å². The van der Waals surface area contributed by atoms with Gasteiger partial charge >= 0.3 is 0 Å². The molecule has 10 nitrogen and oxygen atoms in total. The van der Waals surface area contributed by atoms with E-state index in [1.165, 1.54) is 0 Å². The molecule has 3 aliphatic rings. The molecular formula is C32H45N3O7. The molecule has 0 bridgehead atoms. The second-order valence-electron chi connectivity index (χ2n) is 12.5. The topological polar surface area (TPSA) is 148 Å². The Bertz CT molecular complexity index is 1140. The third-order valence-corrected chi connectivity index (χ3v) is 8.88. The number of nitrogens with two attached hydrogens (primary N) is 1. The molecule has 230 valence electrons. The van der Waals surface area contributed by atoms with Crippen molar-refractivity contribution >= 4 is 29.2 Å². The average Bonchev–Trinajstić information content (AvgIpc) is 3.50. The molecule has 2 aliphatic heterocycles. The fourth-order valence-electron chi connectivity index (χ4n) is 6.11. The number of epoxide rings is 1. The minimum absolute atomic E-state index is 0.0168. The van der Waals surface area contributed by atoms with Gasteiger partial charge in [0.1, 0.15) is 11.4 Å². The van der Waals surface area contributed by atoms with Gasteiger partial charge in [0, 0.05) is 43.3 Å². The first kappa shape index (κ1) is 32.0. The number of nitrogens with zero attached hydrogens (tertiary/aromatic N) is 1. The Kier molecular flexibility index (Phi) is 11.0. The summed E-state index contributed by atoms with van der Waals surface area (Å²) in [6.45, 7) is 6.63. The number of Topliss-reactive ketones (excluding diaryl/α,β-unsaturated/α-hetero) is 3. The Labute approximate surface area is 248 Å². The van der Waals surface area contributed by atoms with E-state index in [2.05, 4.69) is 5.32 Å². The van der Waals surface area contributed by atoms with E-state index in [1.807, 2.05) is 4.90 Å². The fraction of sp³-hybridized carbons (Fsp3) is 0.656. The first-order valence-corrected chi connectivity index (χ1v) is 15.3. The Morgan fingerprint density at radius 1 is 1.05 bits per heavy atom. The van der Waals surface area contributed by atoms with Crippen LogP contribution in [0.2, 0.25) is 0 Å². The van der Waals surface area contributed by atoms with Crippen molar-refractivity contribution in [3.63, 3.8) is 0 Å². The zero-order chi connectivity index (χ0) is 30.3. The number of carbonyl (C=O) groups is 5. The Morgan fingerprint density at radius 2 is 1.69 bits per heavy atom. The number of benzene rings is 1. The van der Waals surface area contributed by atoms with Gasteiger partial charge in [0.2, 0.25) is 11.8 Å². The Morgan fingerprint density at radius 3 is 2.29 bits per heavy atom. The van der Waals surface area contributed by atoms with Gasteiger partial charge in [-0.15, -0.1) is 0 Å². The van der Waals surface area contributed by atoms with E-state index in [-0.39, 0.29) is 49.1 Å². The summed E-state index contributed by atoms with van der Waals surface area (Å²) in [5, 5.41) is 2.90. The van der Waals surface area contributed by atoms with Crippen molar-refractivity contribution in [3.05, 3.63) is 35.4 Å². The number of morpholine rings is 1. The third kappa shape index (κ3) is 9.02. The van der Waals surface area contributed by atoms with Crippen LogP contribution in [0.15, 0.2) is 24.3 Å². The quantitative estimate of drug-likeness (QED) is 0.282. The number of primary amides is 1. The maximum atomic E-state index is 13.8. The van der Waals surface area contributed by atoms with Gasteiger partial charge in [-0.05, 0) is 43.4 Å². The summed E-state index contributed by atoms with van der Waals surface area (Å²) in [4.78, 5) is 66.7. The summed E-state index contributed by atoms with van der Waals surface area (Å²) < 4.78 is 10.8. The molecular weight excluding hydrogens is 538 g/mol. The standard InChI is InChI=1S/C32H45N3O7/c1-21(15-26(36)19-35-11-13-41-14-12-35)31(40)34-27(17-23-7-9-24(10-8-23)30(33)39)28(37)18-25(16-22-5-3-4-6-22)29(38)32(2)20-42-32/h7-10,21-22,25,27H,3-6,11-20H2,1-2H3,(H2,33,39)(H,34,40)/t21-,25-,27+,32-/m1/s1. The van der Waals surface area contributed by atoms with E-state index >= 15 is 0 Å². The molecule has 3 N–H and O–H groups in total. The van der Waals surface area contributed by atoms with Crippen molar-refractivity contribution in [2.45, 2.75) is 76.9 Å². The summed E-state index contributed by atoms with van der Waals surface area (Å²) >= 11 is 0. The summed E-state index contributed by atoms with van der Waals surface area (Å²) in [5.41, 5.74) is 5.63. The fourth-order valence-corrected chi connectivity index (χ4v) is 6.11. The molecule has 1 saturated carbocycles. The van der Waals surface area contributed by atoms with Gasteiger partial charge in [-0.3, -0.25) is 28.9 Å². The smallest absolute Gasteiger partial charge is 0.248 e. The summed E-state index contributed by atoms with van der Waals surface area (Å²) in [6.07, 6.45) is 5.29. The largest absolute Gasteiger partial charge is 0.379 e. The molecule has 0 aromatic heterocycles. The number of rotatable bonds is 16. The summed E-state index contributed by atoms with van der Waals surface area (Å²) in [7, 11) is 0. The first-order chi connectivity index (χ1) is 20.0. The lowest BCUT2D eigenvalue weighted by Crippen LogP contribution is -2.46. The Balaban J connectivity index is 1.45. The first-order valence-electron chi connectivity index (χ1n) is 15.3. The van der Waals surface area contributed by atoms with Crippen LogP contribution in [0.1, 0.15) is 74.7 Å². The molecule has 2 saturated heterocycles. The Hall–Kier alpha value is -2.95. The molecule has 1 aromatic rings. The van der Waals surface area contributed by atoms with E-state index in [0.29, 0.717) is 50.8 Å². The highest BCUT2D eigenvalue weighted by molar-refractivity contribution is 5.97. The molecule has 1 aliphatic carbocycles. The molecule has 1 aromatic carbocycles. The normalized spacial score (nSPS) is 23.1. The van der Waals surface area contributed by atoms with Gasteiger partial charge in [-0.2, -0.15) is 0 Å². The van der Waals surface area contributed by atoms with Crippen LogP contribution < -0.4 is 11.1 Å². The van der Waals surface area contributed by atoms with Crippen LogP contribution >= 0.6 is 0 Å². The van der Waals surface area contributed by atoms with Crippen molar-refractivity contribution in [3.8, 4) is 0 Å². The van der Waals surface area contributed by atoms with Crippen molar-refractivity contribution < 1.29 is 33.4 Å². The number of ketones is 3. The molecule has 0 unspecified atom stereocenters. The molecule has 4 atom stereocenters.